The Morgan fingerprint density at radius 2 is 2.17 bits per heavy atom. The van der Waals surface area contributed by atoms with Gasteiger partial charge < -0.3 is 19.9 Å². The van der Waals surface area contributed by atoms with Crippen molar-refractivity contribution in [3.63, 3.8) is 0 Å². The fourth-order valence-electron chi connectivity index (χ4n) is 1.56. The molecule has 102 valence electrons. The van der Waals surface area contributed by atoms with E-state index in [-0.39, 0.29) is 0 Å². The summed E-state index contributed by atoms with van der Waals surface area (Å²) in [7, 11) is 1.66. The molecule has 0 aliphatic carbocycles. The van der Waals surface area contributed by atoms with Crippen LogP contribution in [0.2, 0.25) is 0 Å². The standard InChI is InChI=1S/C14H23NO3/c1-3-8-18-13-6-4-5-12(10-13)14(16)11-15-7-9-17-2/h4-6,10,14-16H,3,7-9,11H2,1-2H3. The van der Waals surface area contributed by atoms with Gasteiger partial charge in [-0.15, -0.1) is 0 Å². The van der Waals surface area contributed by atoms with Gasteiger partial charge in [0, 0.05) is 20.2 Å². The number of benzene rings is 1. The Morgan fingerprint density at radius 3 is 2.89 bits per heavy atom. The van der Waals surface area contributed by atoms with Gasteiger partial charge in [-0.05, 0) is 24.1 Å². The minimum Gasteiger partial charge on any atom is -0.494 e. The molecule has 0 bridgehead atoms. The van der Waals surface area contributed by atoms with Crippen LogP contribution in [0.3, 0.4) is 0 Å². The largest absolute Gasteiger partial charge is 0.494 e. The minimum absolute atomic E-state index is 0.514. The summed E-state index contributed by atoms with van der Waals surface area (Å²) >= 11 is 0. The normalized spacial score (nSPS) is 12.4. The van der Waals surface area contributed by atoms with Crippen LogP contribution in [0.15, 0.2) is 24.3 Å². The van der Waals surface area contributed by atoms with Crippen molar-refractivity contribution < 1.29 is 14.6 Å². The lowest BCUT2D eigenvalue weighted by molar-refractivity contribution is 0.161. The summed E-state index contributed by atoms with van der Waals surface area (Å²) < 4.78 is 10.5. The molecule has 2 N–H and O–H groups in total. The molecule has 1 unspecified atom stereocenters. The molecule has 18 heavy (non-hydrogen) atoms. The summed E-state index contributed by atoms with van der Waals surface area (Å²) in [5.74, 6) is 0.810. The molecule has 4 nitrogen and oxygen atoms in total. The minimum atomic E-state index is -0.521. The molecule has 0 aliphatic heterocycles. The molecule has 0 saturated carbocycles. The zero-order valence-corrected chi connectivity index (χ0v) is 11.2. The summed E-state index contributed by atoms with van der Waals surface area (Å²) in [6.07, 6.45) is 0.456. The molecule has 0 radical (unpaired) electrons. The van der Waals surface area contributed by atoms with Gasteiger partial charge in [0.2, 0.25) is 0 Å². The van der Waals surface area contributed by atoms with Crippen molar-refractivity contribution in [2.75, 3.05) is 33.4 Å². The number of hydrogen-bond acceptors (Lipinski definition) is 4. The number of rotatable bonds is 9. The first-order chi connectivity index (χ1) is 8.77. The third-order valence-electron chi connectivity index (χ3n) is 2.54. The molecule has 1 rings (SSSR count). The highest BCUT2D eigenvalue weighted by molar-refractivity contribution is 5.30. The molecule has 0 saturated heterocycles. The van der Waals surface area contributed by atoms with Crippen LogP contribution in [0.1, 0.15) is 25.0 Å². The van der Waals surface area contributed by atoms with Gasteiger partial charge in [0.25, 0.3) is 0 Å². The van der Waals surface area contributed by atoms with E-state index in [9.17, 15) is 5.11 Å². The van der Waals surface area contributed by atoms with Gasteiger partial charge in [-0.3, -0.25) is 0 Å². The number of aliphatic hydroxyl groups excluding tert-OH is 1. The average Bonchev–Trinajstić information content (AvgIpc) is 2.41. The Bertz CT molecular complexity index is 331. The van der Waals surface area contributed by atoms with Crippen LogP contribution in [0.5, 0.6) is 5.75 Å². The van der Waals surface area contributed by atoms with Gasteiger partial charge in [0.15, 0.2) is 0 Å². The summed E-state index contributed by atoms with van der Waals surface area (Å²) in [6, 6.07) is 7.60. The van der Waals surface area contributed by atoms with E-state index in [1.807, 2.05) is 24.3 Å². The quantitative estimate of drug-likeness (QED) is 0.658. The van der Waals surface area contributed by atoms with Crippen molar-refractivity contribution in [2.24, 2.45) is 0 Å². The van der Waals surface area contributed by atoms with E-state index in [0.29, 0.717) is 19.8 Å². The molecule has 4 heteroatoms. The smallest absolute Gasteiger partial charge is 0.119 e. The Hall–Kier alpha value is -1.10. The van der Waals surface area contributed by atoms with Crippen molar-refractivity contribution in [2.45, 2.75) is 19.4 Å². The number of methoxy groups -OCH3 is 1. The van der Waals surface area contributed by atoms with Crippen molar-refractivity contribution in [1.82, 2.24) is 5.32 Å². The molecular formula is C14H23NO3. The summed E-state index contributed by atoms with van der Waals surface area (Å²) in [5, 5.41) is 13.1. The Labute approximate surface area is 109 Å². The predicted molar refractivity (Wildman–Crippen MR) is 71.9 cm³/mol. The van der Waals surface area contributed by atoms with Crippen molar-refractivity contribution >= 4 is 0 Å². The lowest BCUT2D eigenvalue weighted by Gasteiger charge is -2.13. The fourth-order valence-corrected chi connectivity index (χ4v) is 1.56. The highest BCUT2D eigenvalue weighted by atomic mass is 16.5. The maximum atomic E-state index is 10.0. The highest BCUT2D eigenvalue weighted by Crippen LogP contribution is 2.19. The SMILES string of the molecule is CCCOc1cccc(C(O)CNCCOC)c1. The van der Waals surface area contributed by atoms with Crippen molar-refractivity contribution in [3.8, 4) is 5.75 Å². The molecule has 1 aromatic carbocycles. The second kappa shape index (κ2) is 8.91. The number of nitrogens with one attached hydrogen (secondary N) is 1. The van der Waals surface area contributed by atoms with E-state index in [1.165, 1.54) is 0 Å². The number of hydrogen-bond donors (Lipinski definition) is 2. The Morgan fingerprint density at radius 1 is 1.33 bits per heavy atom. The van der Waals surface area contributed by atoms with E-state index in [0.717, 1.165) is 24.3 Å². The van der Waals surface area contributed by atoms with Gasteiger partial charge in [-0.25, -0.2) is 0 Å². The third-order valence-corrected chi connectivity index (χ3v) is 2.54. The summed E-state index contributed by atoms with van der Waals surface area (Å²) in [4.78, 5) is 0. The lowest BCUT2D eigenvalue weighted by atomic mass is 10.1. The summed E-state index contributed by atoms with van der Waals surface area (Å²) in [5.41, 5.74) is 0.869. The molecule has 1 atom stereocenters. The average molecular weight is 253 g/mol. The van der Waals surface area contributed by atoms with Crippen molar-refractivity contribution in [1.29, 1.82) is 0 Å². The maximum absolute atomic E-state index is 10.0. The Kier molecular flexibility index (Phi) is 7.41. The lowest BCUT2D eigenvalue weighted by Crippen LogP contribution is -2.24. The monoisotopic (exact) mass is 253 g/mol. The molecule has 0 amide bonds. The molecule has 0 heterocycles. The van der Waals surface area contributed by atoms with E-state index in [1.54, 1.807) is 7.11 Å². The van der Waals surface area contributed by atoms with Crippen molar-refractivity contribution in [3.05, 3.63) is 29.8 Å². The summed E-state index contributed by atoms with van der Waals surface area (Å²) in [6.45, 7) is 4.66. The number of ether oxygens (including phenoxy) is 2. The molecule has 0 spiro atoms. The molecule has 0 aromatic heterocycles. The topological polar surface area (TPSA) is 50.7 Å². The molecular weight excluding hydrogens is 230 g/mol. The third kappa shape index (κ3) is 5.49. The van der Waals surface area contributed by atoms with Crippen LogP contribution in [0.25, 0.3) is 0 Å². The Balaban J connectivity index is 2.43. The first-order valence-corrected chi connectivity index (χ1v) is 6.38. The zero-order valence-electron chi connectivity index (χ0n) is 11.2. The van der Waals surface area contributed by atoms with E-state index in [2.05, 4.69) is 12.2 Å². The van der Waals surface area contributed by atoms with Crippen LogP contribution in [-0.2, 0) is 4.74 Å². The zero-order chi connectivity index (χ0) is 13.2. The van der Waals surface area contributed by atoms with Gasteiger partial charge in [-0.1, -0.05) is 19.1 Å². The fraction of sp³-hybridized carbons (Fsp3) is 0.571. The highest BCUT2D eigenvalue weighted by Gasteiger charge is 2.07. The van der Waals surface area contributed by atoms with Crippen LogP contribution in [0.4, 0.5) is 0 Å². The van der Waals surface area contributed by atoms with Gasteiger partial charge in [0.05, 0.1) is 19.3 Å². The molecule has 0 fully saturated rings. The van der Waals surface area contributed by atoms with Gasteiger partial charge >= 0.3 is 0 Å². The van der Waals surface area contributed by atoms with Crippen LogP contribution >= 0.6 is 0 Å². The first-order valence-electron chi connectivity index (χ1n) is 6.38. The second-order valence-electron chi connectivity index (χ2n) is 4.13. The van der Waals surface area contributed by atoms with E-state index >= 15 is 0 Å². The van der Waals surface area contributed by atoms with Crippen LogP contribution in [-0.4, -0.2) is 38.5 Å². The predicted octanol–water partition coefficient (Wildman–Crippen LogP) is 1.74. The van der Waals surface area contributed by atoms with Crippen LogP contribution < -0.4 is 10.1 Å². The first kappa shape index (κ1) is 15.0. The second-order valence-corrected chi connectivity index (χ2v) is 4.13. The molecule has 1 aromatic rings. The van der Waals surface area contributed by atoms with Crippen LogP contribution in [0, 0.1) is 0 Å². The number of aliphatic hydroxyl groups is 1. The molecule has 0 aliphatic rings. The van der Waals surface area contributed by atoms with Gasteiger partial charge in [-0.2, -0.15) is 0 Å². The maximum Gasteiger partial charge on any atom is 0.119 e. The van der Waals surface area contributed by atoms with E-state index < -0.39 is 6.10 Å². The van der Waals surface area contributed by atoms with E-state index in [4.69, 9.17) is 9.47 Å². The van der Waals surface area contributed by atoms with Gasteiger partial charge in [0.1, 0.15) is 5.75 Å².